The summed E-state index contributed by atoms with van der Waals surface area (Å²) < 4.78 is 0. The van der Waals surface area contributed by atoms with Crippen molar-refractivity contribution in [2.45, 2.75) is 12.8 Å². The molecule has 24 heavy (non-hydrogen) atoms. The van der Waals surface area contributed by atoms with E-state index in [0.29, 0.717) is 0 Å². The van der Waals surface area contributed by atoms with Crippen LogP contribution < -0.4 is 16.1 Å². The van der Waals surface area contributed by atoms with E-state index in [2.05, 4.69) is 4.84 Å². The summed E-state index contributed by atoms with van der Waals surface area (Å²) in [5.74, 6) is -3.28. The van der Waals surface area contributed by atoms with Crippen molar-refractivity contribution < 1.29 is 28.8 Å². The summed E-state index contributed by atoms with van der Waals surface area (Å²) in [7, 11) is 0. The van der Waals surface area contributed by atoms with Gasteiger partial charge in [-0.15, -0.1) is 0 Å². The molecule has 1 aromatic carbocycles. The lowest BCUT2D eigenvalue weighted by atomic mass is 10.2. The fourth-order valence-electron chi connectivity index (χ4n) is 1.88. The predicted octanol–water partition coefficient (Wildman–Crippen LogP) is -0.431. The molecule has 0 unspecified atom stereocenters. The lowest BCUT2D eigenvalue weighted by Crippen LogP contribution is -2.30. The van der Waals surface area contributed by atoms with Gasteiger partial charge in [0.15, 0.2) is 0 Å². The first-order valence-corrected chi connectivity index (χ1v) is 6.83. The molecule has 0 saturated heterocycles. The summed E-state index contributed by atoms with van der Waals surface area (Å²) in [4.78, 5) is 62.5. The summed E-state index contributed by atoms with van der Waals surface area (Å²) in [5, 5.41) is 0. The Kier molecular flexibility index (Phi) is 5.05. The molecule has 3 N–H and O–H groups in total. The Bertz CT molecular complexity index is 737. The van der Waals surface area contributed by atoms with Crippen molar-refractivity contribution in [3.05, 3.63) is 42.0 Å². The maximum Gasteiger partial charge on any atom is 0.363 e. The third-order valence-corrected chi connectivity index (χ3v) is 3.01. The summed E-state index contributed by atoms with van der Waals surface area (Å²) in [5.41, 5.74) is 7.00. The summed E-state index contributed by atoms with van der Waals surface area (Å²) in [6, 6.07) is 5.60. The number of nitrogens with two attached hydrogens (primary N) is 1. The maximum absolute atomic E-state index is 11.9. The van der Waals surface area contributed by atoms with E-state index in [9.17, 15) is 24.0 Å². The molecule has 0 aromatic heterocycles. The Morgan fingerprint density at radius 2 is 1.75 bits per heavy atom. The number of hydrogen-bond donors (Lipinski definition) is 2. The summed E-state index contributed by atoms with van der Waals surface area (Å²) in [6.07, 6.45) is 1.84. The molecule has 0 aliphatic carbocycles. The van der Waals surface area contributed by atoms with Gasteiger partial charge in [-0.1, -0.05) is 6.07 Å². The lowest BCUT2D eigenvalue weighted by Gasteiger charge is -2.14. The van der Waals surface area contributed by atoms with E-state index >= 15 is 0 Å². The van der Waals surface area contributed by atoms with E-state index in [1.807, 2.05) is 5.48 Å². The third kappa shape index (κ3) is 4.03. The Hall–Kier alpha value is -3.49. The van der Waals surface area contributed by atoms with E-state index in [1.165, 1.54) is 24.3 Å². The van der Waals surface area contributed by atoms with Crippen LogP contribution >= 0.6 is 0 Å². The van der Waals surface area contributed by atoms with Crippen molar-refractivity contribution in [3.63, 3.8) is 0 Å². The normalized spacial score (nSPS) is 13.1. The molecule has 1 aliphatic heterocycles. The van der Waals surface area contributed by atoms with Gasteiger partial charge >= 0.3 is 5.97 Å². The number of nitrogens with one attached hydrogen (secondary N) is 1. The standard InChI is InChI=1S/C15H13N3O6/c16-11(19)4-5-12(20)17-24-15(23)9-2-1-3-10(8-9)18-13(21)6-7-14(18)22/h1-3,6-8H,4-5H2,(H2,16,19)(H,17,20). The van der Waals surface area contributed by atoms with Crippen LogP contribution in [0.25, 0.3) is 0 Å². The molecule has 0 bridgehead atoms. The Morgan fingerprint density at radius 1 is 1.08 bits per heavy atom. The van der Waals surface area contributed by atoms with Crippen molar-refractivity contribution in [1.82, 2.24) is 5.48 Å². The van der Waals surface area contributed by atoms with Gasteiger partial charge in [-0.3, -0.25) is 19.2 Å². The molecular formula is C15H13N3O6. The number of primary amides is 1. The van der Waals surface area contributed by atoms with E-state index in [1.54, 1.807) is 0 Å². The highest BCUT2D eigenvalue weighted by Crippen LogP contribution is 2.20. The van der Waals surface area contributed by atoms with Crippen LogP contribution in [0.15, 0.2) is 36.4 Å². The van der Waals surface area contributed by atoms with E-state index in [4.69, 9.17) is 5.73 Å². The lowest BCUT2D eigenvalue weighted by molar-refractivity contribution is -0.131. The first kappa shape index (κ1) is 16.9. The number of hydroxylamine groups is 1. The molecule has 1 heterocycles. The number of carbonyl (C=O) groups is 5. The zero-order valence-electron chi connectivity index (χ0n) is 12.4. The molecule has 0 atom stereocenters. The highest BCUT2D eigenvalue weighted by Gasteiger charge is 2.25. The molecule has 9 heteroatoms. The minimum atomic E-state index is -0.892. The van der Waals surface area contributed by atoms with Crippen LogP contribution in [0.2, 0.25) is 0 Å². The van der Waals surface area contributed by atoms with Crippen LogP contribution in [-0.2, 0) is 24.0 Å². The molecule has 124 valence electrons. The SMILES string of the molecule is NC(=O)CCC(=O)NOC(=O)c1cccc(N2C(=O)C=CC2=O)c1. The van der Waals surface area contributed by atoms with Gasteiger partial charge in [0.25, 0.3) is 17.7 Å². The number of amides is 4. The molecule has 4 amide bonds. The highest BCUT2D eigenvalue weighted by molar-refractivity contribution is 6.28. The zero-order valence-corrected chi connectivity index (χ0v) is 12.4. The van der Waals surface area contributed by atoms with Crippen LogP contribution in [0.1, 0.15) is 23.2 Å². The van der Waals surface area contributed by atoms with Gasteiger partial charge in [0.05, 0.1) is 11.3 Å². The first-order valence-electron chi connectivity index (χ1n) is 6.83. The number of rotatable bonds is 5. The average molecular weight is 331 g/mol. The molecule has 0 saturated carbocycles. The Morgan fingerprint density at radius 3 is 2.38 bits per heavy atom. The van der Waals surface area contributed by atoms with Crippen LogP contribution in [0, 0.1) is 0 Å². The van der Waals surface area contributed by atoms with Gasteiger partial charge in [-0.05, 0) is 18.2 Å². The molecule has 1 aromatic rings. The monoisotopic (exact) mass is 331 g/mol. The van der Waals surface area contributed by atoms with Crippen LogP contribution in [0.5, 0.6) is 0 Å². The molecule has 9 nitrogen and oxygen atoms in total. The minimum absolute atomic E-state index is 0.0233. The fourth-order valence-corrected chi connectivity index (χ4v) is 1.88. The smallest absolute Gasteiger partial charge is 0.363 e. The topological polar surface area (TPSA) is 136 Å². The fraction of sp³-hybridized carbons (Fsp3) is 0.133. The number of imide groups is 1. The molecule has 0 spiro atoms. The number of nitrogens with zero attached hydrogens (tertiary/aromatic N) is 1. The summed E-state index contributed by atoms with van der Waals surface area (Å²) in [6.45, 7) is 0. The molecular weight excluding hydrogens is 318 g/mol. The van der Waals surface area contributed by atoms with Crippen molar-refractivity contribution in [1.29, 1.82) is 0 Å². The zero-order chi connectivity index (χ0) is 17.7. The van der Waals surface area contributed by atoms with Gasteiger partial charge in [-0.25, -0.2) is 9.69 Å². The Balaban J connectivity index is 1.99. The van der Waals surface area contributed by atoms with Crippen molar-refractivity contribution in [3.8, 4) is 0 Å². The van der Waals surface area contributed by atoms with Crippen molar-refractivity contribution in [2.75, 3.05) is 4.90 Å². The van der Waals surface area contributed by atoms with Crippen molar-refractivity contribution in [2.24, 2.45) is 5.73 Å². The van der Waals surface area contributed by atoms with E-state index < -0.39 is 29.6 Å². The van der Waals surface area contributed by atoms with Gasteiger partial charge < -0.3 is 10.6 Å². The van der Waals surface area contributed by atoms with Crippen LogP contribution in [0.4, 0.5) is 5.69 Å². The third-order valence-electron chi connectivity index (χ3n) is 3.01. The maximum atomic E-state index is 11.9. The second kappa shape index (κ2) is 7.18. The van der Waals surface area contributed by atoms with Gasteiger partial charge in [0.1, 0.15) is 0 Å². The van der Waals surface area contributed by atoms with Gasteiger partial charge in [0, 0.05) is 25.0 Å². The largest absolute Gasteiger partial charge is 0.370 e. The molecule has 1 aliphatic rings. The molecule has 0 fully saturated rings. The number of carbonyl (C=O) groups excluding carboxylic acids is 5. The van der Waals surface area contributed by atoms with Crippen LogP contribution in [0.3, 0.4) is 0 Å². The second-order valence-electron chi connectivity index (χ2n) is 4.78. The molecule has 2 rings (SSSR count). The number of hydrogen-bond acceptors (Lipinski definition) is 6. The van der Waals surface area contributed by atoms with Crippen LogP contribution in [-0.4, -0.2) is 29.6 Å². The Labute approximate surface area is 136 Å². The quantitative estimate of drug-likeness (QED) is 0.555. The predicted molar refractivity (Wildman–Crippen MR) is 80.1 cm³/mol. The highest BCUT2D eigenvalue weighted by atomic mass is 16.7. The van der Waals surface area contributed by atoms with Gasteiger partial charge in [-0.2, -0.15) is 5.48 Å². The van der Waals surface area contributed by atoms with E-state index in [0.717, 1.165) is 17.1 Å². The number of benzene rings is 1. The summed E-state index contributed by atoms with van der Waals surface area (Å²) >= 11 is 0. The average Bonchev–Trinajstić information content (AvgIpc) is 2.89. The van der Waals surface area contributed by atoms with Gasteiger partial charge in [0.2, 0.25) is 5.91 Å². The number of anilines is 1. The first-order chi connectivity index (χ1) is 11.4. The van der Waals surface area contributed by atoms with E-state index in [-0.39, 0.29) is 24.1 Å². The minimum Gasteiger partial charge on any atom is -0.370 e. The molecule has 0 radical (unpaired) electrons. The second-order valence-corrected chi connectivity index (χ2v) is 4.78. The van der Waals surface area contributed by atoms with Crippen molar-refractivity contribution >= 4 is 35.3 Å².